The third-order valence-electron chi connectivity index (χ3n) is 12.2. The predicted molar refractivity (Wildman–Crippen MR) is 252 cm³/mol. The van der Waals surface area contributed by atoms with Crippen molar-refractivity contribution >= 4 is 66.1 Å². The summed E-state index contributed by atoms with van der Waals surface area (Å²) in [6, 6.07) is 71.4. The van der Waals surface area contributed by atoms with Crippen LogP contribution in [0.3, 0.4) is 0 Å². The Morgan fingerprint density at radius 3 is 1.66 bits per heavy atom. The topological polar surface area (TPSA) is 48.5 Å². The van der Waals surface area contributed by atoms with E-state index in [-0.39, 0.29) is 0 Å². The summed E-state index contributed by atoms with van der Waals surface area (Å²) in [6.45, 7) is 0. The molecule has 0 fully saturated rings. The Hall–Kier alpha value is -7.80. The van der Waals surface area contributed by atoms with Gasteiger partial charge in [-0.3, -0.25) is 4.57 Å². The third-order valence-corrected chi connectivity index (χ3v) is 13.3. The average Bonchev–Trinajstić information content (AvgIpc) is 3.85. The first-order chi connectivity index (χ1) is 30.2. The molecule has 9 aromatic carbocycles. The SMILES string of the molecule is c1ccc(-c2nc(-c3ccccc3)nc(-n3c4ccccc4c4ccc(-c5ccc6c(c5)Sc5cccc7c5c-6cc5c7c6ccccc6n5-c5ccccc5)cc43)n2)cc1. The van der Waals surface area contributed by atoms with E-state index < -0.39 is 0 Å². The molecule has 0 atom stereocenters. The molecule has 0 unspecified atom stereocenters. The predicted octanol–water partition coefficient (Wildman–Crippen LogP) is 14.4. The summed E-state index contributed by atoms with van der Waals surface area (Å²) in [6.07, 6.45) is 0. The molecule has 0 aliphatic carbocycles. The molecule has 3 aromatic heterocycles. The minimum absolute atomic E-state index is 0.584. The van der Waals surface area contributed by atoms with Crippen LogP contribution in [0, 0.1) is 0 Å². The monoisotopic (exact) mass is 795 g/mol. The average molecular weight is 796 g/mol. The molecule has 4 heterocycles. The van der Waals surface area contributed by atoms with Crippen LogP contribution in [-0.2, 0) is 0 Å². The number of benzene rings is 9. The Morgan fingerprint density at radius 1 is 0.328 bits per heavy atom. The molecule has 12 aromatic rings. The third kappa shape index (κ3) is 5.26. The van der Waals surface area contributed by atoms with Crippen LogP contribution in [-0.4, -0.2) is 24.1 Å². The van der Waals surface area contributed by atoms with Crippen LogP contribution < -0.4 is 0 Å². The van der Waals surface area contributed by atoms with E-state index in [9.17, 15) is 0 Å². The van der Waals surface area contributed by atoms with Crippen LogP contribution in [0.4, 0.5) is 0 Å². The van der Waals surface area contributed by atoms with Gasteiger partial charge in [-0.25, -0.2) is 4.98 Å². The summed E-state index contributed by atoms with van der Waals surface area (Å²) in [5.41, 5.74) is 12.4. The van der Waals surface area contributed by atoms with Gasteiger partial charge in [0.25, 0.3) is 0 Å². The first-order valence-electron chi connectivity index (χ1n) is 20.5. The maximum absolute atomic E-state index is 5.17. The van der Waals surface area contributed by atoms with Crippen LogP contribution in [0.15, 0.2) is 210 Å². The molecule has 1 aliphatic rings. The zero-order chi connectivity index (χ0) is 40.0. The van der Waals surface area contributed by atoms with Gasteiger partial charge in [0.05, 0.1) is 22.1 Å². The largest absolute Gasteiger partial charge is 0.309 e. The van der Waals surface area contributed by atoms with Gasteiger partial charge in [0.1, 0.15) is 0 Å². The molecule has 0 amide bonds. The summed E-state index contributed by atoms with van der Waals surface area (Å²) in [5.74, 6) is 1.85. The number of para-hydroxylation sites is 3. The molecule has 0 saturated heterocycles. The van der Waals surface area contributed by atoms with Crippen molar-refractivity contribution in [3.8, 4) is 56.7 Å². The Labute approximate surface area is 355 Å². The second-order valence-corrected chi connectivity index (χ2v) is 16.7. The maximum Gasteiger partial charge on any atom is 0.238 e. The lowest BCUT2D eigenvalue weighted by Crippen LogP contribution is -2.06. The zero-order valence-corrected chi connectivity index (χ0v) is 33.5. The van der Waals surface area contributed by atoms with E-state index in [0.717, 1.165) is 49.7 Å². The zero-order valence-electron chi connectivity index (χ0n) is 32.7. The number of hydrogen-bond acceptors (Lipinski definition) is 4. The molecule has 0 radical (unpaired) electrons. The van der Waals surface area contributed by atoms with Gasteiger partial charge in [0.15, 0.2) is 11.6 Å². The van der Waals surface area contributed by atoms with Crippen molar-refractivity contribution in [2.75, 3.05) is 0 Å². The van der Waals surface area contributed by atoms with Crippen molar-refractivity contribution in [1.82, 2.24) is 24.1 Å². The van der Waals surface area contributed by atoms with Crippen molar-refractivity contribution in [3.05, 3.63) is 200 Å². The lowest BCUT2D eigenvalue weighted by molar-refractivity contribution is 0.953. The summed E-state index contributed by atoms with van der Waals surface area (Å²) in [4.78, 5) is 17.9. The highest BCUT2D eigenvalue weighted by molar-refractivity contribution is 7.99. The molecule has 0 saturated carbocycles. The molecule has 0 bridgehead atoms. The molecule has 61 heavy (non-hydrogen) atoms. The summed E-state index contributed by atoms with van der Waals surface area (Å²) < 4.78 is 4.63. The number of aromatic nitrogens is 5. The van der Waals surface area contributed by atoms with Gasteiger partial charge < -0.3 is 4.57 Å². The molecule has 5 nitrogen and oxygen atoms in total. The van der Waals surface area contributed by atoms with E-state index in [4.69, 9.17) is 15.0 Å². The first kappa shape index (κ1) is 34.1. The highest BCUT2D eigenvalue weighted by atomic mass is 32.2. The van der Waals surface area contributed by atoms with Gasteiger partial charge in [0, 0.05) is 53.5 Å². The Balaban J connectivity index is 0.999. The highest BCUT2D eigenvalue weighted by Gasteiger charge is 2.25. The summed E-state index contributed by atoms with van der Waals surface area (Å²) in [5, 5.41) is 7.48. The van der Waals surface area contributed by atoms with Gasteiger partial charge in [-0.05, 0) is 76.2 Å². The standard InChI is InChI=1S/C55H33N5S/c1-4-15-34(16-5-1)53-56-54(35-17-6-2-7-18-35)58-55(57-53)60-45-24-12-10-21-39(45)40-29-27-36(31-47(40)60)37-28-30-41-44-33-48-51(43-23-14-26-49(52(43)44)61-50(41)32-37)42-22-11-13-25-46(42)59(48)38-19-8-3-9-20-38/h1-33H. The van der Waals surface area contributed by atoms with Crippen molar-refractivity contribution in [3.63, 3.8) is 0 Å². The van der Waals surface area contributed by atoms with Crippen LogP contribution in [0.25, 0.3) is 111 Å². The van der Waals surface area contributed by atoms with E-state index in [0.29, 0.717) is 17.6 Å². The Bertz CT molecular complexity index is 3660. The Morgan fingerprint density at radius 2 is 0.918 bits per heavy atom. The normalized spacial score (nSPS) is 12.2. The van der Waals surface area contributed by atoms with E-state index in [1.807, 2.05) is 48.2 Å². The number of rotatable bonds is 5. The van der Waals surface area contributed by atoms with Gasteiger partial charge in [-0.15, -0.1) is 0 Å². The highest BCUT2D eigenvalue weighted by Crippen LogP contribution is 2.52. The number of nitrogens with zero attached hydrogens (tertiary/aromatic N) is 5. The van der Waals surface area contributed by atoms with Gasteiger partial charge in [0.2, 0.25) is 5.95 Å². The molecule has 13 rings (SSSR count). The van der Waals surface area contributed by atoms with E-state index in [1.54, 1.807) is 0 Å². The van der Waals surface area contributed by atoms with Crippen molar-refractivity contribution in [1.29, 1.82) is 0 Å². The lowest BCUT2D eigenvalue weighted by Gasteiger charge is -2.22. The molecule has 6 heteroatoms. The molecule has 1 aliphatic heterocycles. The minimum Gasteiger partial charge on any atom is -0.309 e. The summed E-state index contributed by atoms with van der Waals surface area (Å²) >= 11 is 1.87. The van der Waals surface area contributed by atoms with Gasteiger partial charge in [-0.1, -0.05) is 163 Å². The summed E-state index contributed by atoms with van der Waals surface area (Å²) in [7, 11) is 0. The smallest absolute Gasteiger partial charge is 0.238 e. The van der Waals surface area contributed by atoms with E-state index in [1.165, 1.54) is 53.5 Å². The fraction of sp³-hybridized carbons (Fsp3) is 0. The number of fused-ring (bicyclic) bond motifs is 9. The fourth-order valence-electron chi connectivity index (χ4n) is 9.45. The van der Waals surface area contributed by atoms with Gasteiger partial charge >= 0.3 is 0 Å². The molecule has 284 valence electrons. The van der Waals surface area contributed by atoms with Crippen molar-refractivity contribution < 1.29 is 0 Å². The molecular weight excluding hydrogens is 763 g/mol. The van der Waals surface area contributed by atoms with Crippen molar-refractivity contribution in [2.24, 2.45) is 0 Å². The molecule has 0 N–H and O–H groups in total. The second-order valence-electron chi connectivity index (χ2n) is 15.6. The van der Waals surface area contributed by atoms with Crippen LogP contribution >= 0.6 is 11.8 Å². The maximum atomic E-state index is 5.17. The fourth-order valence-corrected chi connectivity index (χ4v) is 10.6. The lowest BCUT2D eigenvalue weighted by atomic mass is 9.93. The molecule has 0 spiro atoms. The minimum atomic E-state index is 0.584. The van der Waals surface area contributed by atoms with E-state index >= 15 is 0 Å². The first-order valence-corrected chi connectivity index (χ1v) is 21.3. The van der Waals surface area contributed by atoms with Crippen molar-refractivity contribution in [2.45, 2.75) is 9.79 Å². The quantitative estimate of drug-likeness (QED) is 0.174. The van der Waals surface area contributed by atoms with Crippen LogP contribution in [0.1, 0.15) is 0 Å². The number of hydrogen-bond donors (Lipinski definition) is 0. The van der Waals surface area contributed by atoms with Gasteiger partial charge in [-0.2, -0.15) is 9.97 Å². The second kappa shape index (κ2) is 13.4. The van der Waals surface area contributed by atoms with Crippen LogP contribution in [0.2, 0.25) is 0 Å². The van der Waals surface area contributed by atoms with Crippen LogP contribution in [0.5, 0.6) is 0 Å². The molecular formula is C55H33N5S. The van der Waals surface area contributed by atoms with E-state index in [2.05, 4.69) is 173 Å². The Kier molecular flexibility index (Phi) is 7.47.